The molecule has 0 atom stereocenters. The molecule has 0 radical (unpaired) electrons. The first-order chi connectivity index (χ1) is 12.5. The molecule has 0 unspecified atom stereocenters. The van der Waals surface area contributed by atoms with Gasteiger partial charge in [0.2, 0.25) is 0 Å². The normalized spacial score (nSPS) is 10.1. The number of carbonyl (C=O) groups excluding carboxylic acids is 1. The number of esters is 1. The SMILES string of the molecule is COc1cc(C(=O)OCCOc2cccc(C)c2)c([N+](=O)[O-])cc1OC. The number of nitro groups is 1. The van der Waals surface area contributed by atoms with Gasteiger partial charge in [0.1, 0.15) is 24.5 Å². The van der Waals surface area contributed by atoms with E-state index in [9.17, 15) is 14.9 Å². The Bertz CT molecular complexity index is 804. The van der Waals surface area contributed by atoms with Gasteiger partial charge >= 0.3 is 5.97 Å². The summed E-state index contributed by atoms with van der Waals surface area (Å²) in [5.41, 5.74) is 0.399. The van der Waals surface area contributed by atoms with E-state index in [4.69, 9.17) is 18.9 Å². The first-order valence-electron chi connectivity index (χ1n) is 7.73. The molecule has 0 aliphatic carbocycles. The van der Waals surface area contributed by atoms with Gasteiger partial charge in [-0.15, -0.1) is 0 Å². The van der Waals surface area contributed by atoms with Crippen LogP contribution in [0.1, 0.15) is 15.9 Å². The van der Waals surface area contributed by atoms with Crippen LogP contribution >= 0.6 is 0 Å². The van der Waals surface area contributed by atoms with Gasteiger partial charge in [-0.25, -0.2) is 4.79 Å². The van der Waals surface area contributed by atoms with Crippen molar-refractivity contribution in [3.05, 3.63) is 57.6 Å². The number of carbonyl (C=O) groups is 1. The number of benzene rings is 2. The van der Waals surface area contributed by atoms with Crippen molar-refractivity contribution in [3.63, 3.8) is 0 Å². The fraction of sp³-hybridized carbons (Fsp3) is 0.278. The minimum atomic E-state index is -0.842. The molecule has 0 saturated heterocycles. The average molecular weight is 361 g/mol. The maximum absolute atomic E-state index is 12.2. The van der Waals surface area contributed by atoms with Crippen LogP contribution < -0.4 is 14.2 Å². The van der Waals surface area contributed by atoms with Crippen LogP contribution in [0.5, 0.6) is 17.2 Å². The molecule has 0 heterocycles. The van der Waals surface area contributed by atoms with Crippen LogP contribution in [0.4, 0.5) is 5.69 Å². The smallest absolute Gasteiger partial charge is 0.345 e. The summed E-state index contributed by atoms with van der Waals surface area (Å²) < 4.78 is 20.6. The van der Waals surface area contributed by atoms with E-state index in [-0.39, 0.29) is 30.3 Å². The van der Waals surface area contributed by atoms with Crippen molar-refractivity contribution in [2.75, 3.05) is 27.4 Å². The molecule has 8 heteroatoms. The maximum Gasteiger partial charge on any atom is 0.345 e. The van der Waals surface area contributed by atoms with Crippen molar-refractivity contribution < 1.29 is 28.7 Å². The summed E-state index contributed by atoms with van der Waals surface area (Å²) in [4.78, 5) is 22.8. The quantitative estimate of drug-likeness (QED) is 0.308. The van der Waals surface area contributed by atoms with Gasteiger partial charge in [-0.1, -0.05) is 12.1 Å². The van der Waals surface area contributed by atoms with Crippen LogP contribution in [0.2, 0.25) is 0 Å². The van der Waals surface area contributed by atoms with Gasteiger partial charge in [0, 0.05) is 6.07 Å². The molecule has 0 fully saturated rings. The van der Waals surface area contributed by atoms with E-state index in [0.29, 0.717) is 5.75 Å². The van der Waals surface area contributed by atoms with Gasteiger partial charge in [0.15, 0.2) is 11.5 Å². The summed E-state index contributed by atoms with van der Waals surface area (Å²) in [6.45, 7) is 2.00. The zero-order valence-corrected chi connectivity index (χ0v) is 14.7. The van der Waals surface area contributed by atoms with E-state index < -0.39 is 16.6 Å². The summed E-state index contributed by atoms with van der Waals surface area (Å²) in [5.74, 6) is 0.156. The minimum absolute atomic E-state index is 0.0573. The van der Waals surface area contributed by atoms with E-state index in [1.54, 1.807) is 6.07 Å². The van der Waals surface area contributed by atoms with E-state index >= 15 is 0 Å². The predicted octanol–water partition coefficient (Wildman–Crippen LogP) is 3.16. The molecule has 0 amide bonds. The third-order valence-corrected chi connectivity index (χ3v) is 3.49. The summed E-state index contributed by atoms with van der Waals surface area (Å²) in [5, 5.41) is 11.2. The van der Waals surface area contributed by atoms with E-state index in [1.165, 1.54) is 20.3 Å². The molecule has 0 N–H and O–H groups in total. The van der Waals surface area contributed by atoms with Crippen LogP contribution in [0.25, 0.3) is 0 Å². The molecule has 0 bridgehead atoms. The first-order valence-corrected chi connectivity index (χ1v) is 7.73. The number of nitrogens with zero attached hydrogens (tertiary/aromatic N) is 1. The van der Waals surface area contributed by atoms with Crippen LogP contribution in [0, 0.1) is 17.0 Å². The number of methoxy groups -OCH3 is 2. The van der Waals surface area contributed by atoms with Crippen molar-refractivity contribution in [1.29, 1.82) is 0 Å². The summed E-state index contributed by atoms with van der Waals surface area (Å²) in [7, 11) is 2.72. The minimum Gasteiger partial charge on any atom is -0.493 e. The van der Waals surface area contributed by atoms with Crippen molar-refractivity contribution in [2.45, 2.75) is 6.92 Å². The van der Waals surface area contributed by atoms with Crippen molar-refractivity contribution in [3.8, 4) is 17.2 Å². The van der Waals surface area contributed by atoms with Crippen molar-refractivity contribution in [1.82, 2.24) is 0 Å². The lowest BCUT2D eigenvalue weighted by Gasteiger charge is -2.11. The lowest BCUT2D eigenvalue weighted by atomic mass is 10.1. The Balaban J connectivity index is 2.05. The van der Waals surface area contributed by atoms with Gasteiger partial charge < -0.3 is 18.9 Å². The molecule has 2 aromatic carbocycles. The van der Waals surface area contributed by atoms with Crippen molar-refractivity contribution >= 4 is 11.7 Å². The zero-order valence-electron chi connectivity index (χ0n) is 14.7. The second kappa shape index (κ2) is 8.70. The standard InChI is InChI=1S/C18H19NO7/c1-12-5-4-6-13(9-12)25-7-8-26-18(20)14-10-16(23-2)17(24-3)11-15(14)19(21)22/h4-6,9-11H,7-8H2,1-3H3. The van der Waals surface area contributed by atoms with Crippen molar-refractivity contribution in [2.24, 2.45) is 0 Å². The van der Waals surface area contributed by atoms with Gasteiger partial charge in [0.05, 0.1) is 25.2 Å². The fourth-order valence-corrected chi connectivity index (χ4v) is 2.26. The molecule has 138 valence electrons. The van der Waals surface area contributed by atoms with E-state index in [0.717, 1.165) is 11.6 Å². The van der Waals surface area contributed by atoms with Crippen LogP contribution in [-0.4, -0.2) is 38.3 Å². The van der Waals surface area contributed by atoms with Gasteiger partial charge in [-0.2, -0.15) is 0 Å². The molecule has 0 aromatic heterocycles. The number of rotatable bonds is 8. The Kier molecular flexibility index (Phi) is 6.37. The average Bonchev–Trinajstić information content (AvgIpc) is 2.63. The summed E-state index contributed by atoms with van der Waals surface area (Å²) >= 11 is 0. The maximum atomic E-state index is 12.2. The molecule has 26 heavy (non-hydrogen) atoms. The Morgan fingerprint density at radius 3 is 2.38 bits per heavy atom. The fourth-order valence-electron chi connectivity index (χ4n) is 2.26. The van der Waals surface area contributed by atoms with E-state index in [2.05, 4.69) is 0 Å². The second-order valence-electron chi connectivity index (χ2n) is 5.28. The Labute approximate surface area is 150 Å². The predicted molar refractivity (Wildman–Crippen MR) is 93.2 cm³/mol. The highest BCUT2D eigenvalue weighted by Crippen LogP contribution is 2.34. The van der Waals surface area contributed by atoms with Crippen LogP contribution in [0.3, 0.4) is 0 Å². The Morgan fingerprint density at radius 1 is 1.08 bits per heavy atom. The van der Waals surface area contributed by atoms with Gasteiger partial charge in [-0.3, -0.25) is 10.1 Å². The topological polar surface area (TPSA) is 97.1 Å². The number of aryl methyl sites for hydroxylation is 1. The van der Waals surface area contributed by atoms with Crippen LogP contribution in [-0.2, 0) is 4.74 Å². The largest absolute Gasteiger partial charge is 0.493 e. The summed E-state index contributed by atoms with van der Waals surface area (Å²) in [6.07, 6.45) is 0. The molecule has 2 rings (SSSR count). The lowest BCUT2D eigenvalue weighted by molar-refractivity contribution is -0.385. The molecule has 0 saturated carbocycles. The molecule has 8 nitrogen and oxygen atoms in total. The number of nitro benzene ring substituents is 1. The zero-order chi connectivity index (χ0) is 19.1. The Morgan fingerprint density at radius 2 is 1.77 bits per heavy atom. The molecule has 0 aliphatic rings. The monoisotopic (exact) mass is 361 g/mol. The molecular weight excluding hydrogens is 342 g/mol. The van der Waals surface area contributed by atoms with Crippen LogP contribution in [0.15, 0.2) is 36.4 Å². The molecule has 0 spiro atoms. The second-order valence-corrected chi connectivity index (χ2v) is 5.28. The molecule has 2 aromatic rings. The highest BCUT2D eigenvalue weighted by molar-refractivity contribution is 5.95. The van der Waals surface area contributed by atoms with Gasteiger partial charge in [0.25, 0.3) is 5.69 Å². The lowest BCUT2D eigenvalue weighted by Crippen LogP contribution is -2.14. The van der Waals surface area contributed by atoms with E-state index in [1.807, 2.05) is 25.1 Å². The third kappa shape index (κ3) is 4.62. The number of ether oxygens (including phenoxy) is 4. The number of hydrogen-bond donors (Lipinski definition) is 0. The first kappa shape index (κ1) is 19.0. The highest BCUT2D eigenvalue weighted by atomic mass is 16.6. The Hall–Kier alpha value is -3.29. The molecular formula is C18H19NO7. The number of hydrogen-bond acceptors (Lipinski definition) is 7. The third-order valence-electron chi connectivity index (χ3n) is 3.49. The summed E-state index contributed by atoms with van der Waals surface area (Å²) in [6, 6.07) is 9.77. The van der Waals surface area contributed by atoms with Gasteiger partial charge in [-0.05, 0) is 24.6 Å². The molecule has 0 aliphatic heterocycles. The highest BCUT2D eigenvalue weighted by Gasteiger charge is 2.25.